The van der Waals surface area contributed by atoms with Gasteiger partial charge in [-0.15, -0.1) is 0 Å². The number of phenolic OH excluding ortho intramolecular Hbond substituents is 1. The van der Waals surface area contributed by atoms with Crippen LogP contribution in [0.5, 0.6) is 17.2 Å². The van der Waals surface area contributed by atoms with Crippen LogP contribution in [0.1, 0.15) is 66.5 Å². The highest BCUT2D eigenvalue weighted by Crippen LogP contribution is 2.41. The number of ketones is 1. The van der Waals surface area contributed by atoms with Crippen LogP contribution in [0, 0.1) is 0 Å². The second-order valence-electron chi connectivity index (χ2n) is 8.00. The number of phenols is 2. The SMILES string of the molecule is CC(C)Oc1c(C=CC(=O)c2ccccc2O)cc(C(C)(C)C)c(O)c1C(=O)O. The lowest BCUT2D eigenvalue weighted by Gasteiger charge is -2.25. The highest BCUT2D eigenvalue weighted by Gasteiger charge is 2.29. The van der Waals surface area contributed by atoms with E-state index in [4.69, 9.17) is 4.74 Å². The Kier molecular flexibility index (Phi) is 6.37. The second-order valence-corrected chi connectivity index (χ2v) is 8.00. The third-order valence-electron chi connectivity index (χ3n) is 4.24. The number of carbonyl (C=O) groups excluding carboxylic acids is 1. The molecule has 0 aliphatic rings. The topological polar surface area (TPSA) is 104 Å². The normalized spacial score (nSPS) is 11.8. The van der Waals surface area contributed by atoms with Crippen molar-refractivity contribution in [3.63, 3.8) is 0 Å². The molecule has 0 aliphatic carbocycles. The van der Waals surface area contributed by atoms with E-state index in [1.165, 1.54) is 24.3 Å². The predicted molar refractivity (Wildman–Crippen MR) is 111 cm³/mol. The summed E-state index contributed by atoms with van der Waals surface area (Å²) in [5.74, 6) is -2.29. The van der Waals surface area contributed by atoms with Gasteiger partial charge >= 0.3 is 5.97 Å². The first kappa shape index (κ1) is 22.0. The summed E-state index contributed by atoms with van der Waals surface area (Å²) in [4.78, 5) is 24.4. The van der Waals surface area contributed by atoms with Gasteiger partial charge in [0.05, 0.1) is 11.7 Å². The van der Waals surface area contributed by atoms with Crippen LogP contribution in [0.4, 0.5) is 0 Å². The van der Waals surface area contributed by atoms with Crippen molar-refractivity contribution in [3.05, 3.63) is 58.7 Å². The van der Waals surface area contributed by atoms with Gasteiger partial charge in [-0.25, -0.2) is 4.79 Å². The first-order valence-electron chi connectivity index (χ1n) is 9.24. The monoisotopic (exact) mass is 398 g/mol. The lowest BCUT2D eigenvalue weighted by Crippen LogP contribution is -2.17. The number of benzene rings is 2. The Morgan fingerprint density at radius 3 is 2.24 bits per heavy atom. The zero-order valence-electron chi connectivity index (χ0n) is 17.2. The molecule has 0 bridgehead atoms. The van der Waals surface area contributed by atoms with E-state index in [9.17, 15) is 24.9 Å². The van der Waals surface area contributed by atoms with E-state index < -0.39 is 17.2 Å². The van der Waals surface area contributed by atoms with Crippen LogP contribution in [0.15, 0.2) is 36.4 Å². The predicted octanol–water partition coefficient (Wildman–Crippen LogP) is 4.78. The van der Waals surface area contributed by atoms with E-state index in [1.54, 1.807) is 32.0 Å². The van der Waals surface area contributed by atoms with Gasteiger partial charge in [0.15, 0.2) is 5.78 Å². The third-order valence-corrected chi connectivity index (χ3v) is 4.24. The van der Waals surface area contributed by atoms with Crippen molar-refractivity contribution in [3.8, 4) is 17.2 Å². The van der Waals surface area contributed by atoms with Crippen LogP contribution in [0.2, 0.25) is 0 Å². The van der Waals surface area contributed by atoms with Crippen molar-refractivity contribution >= 4 is 17.8 Å². The maximum Gasteiger partial charge on any atom is 0.343 e. The summed E-state index contributed by atoms with van der Waals surface area (Å²) in [6, 6.07) is 7.77. The fourth-order valence-electron chi connectivity index (χ4n) is 2.87. The lowest BCUT2D eigenvalue weighted by molar-refractivity contribution is 0.0686. The van der Waals surface area contributed by atoms with Gasteiger partial charge < -0.3 is 20.1 Å². The van der Waals surface area contributed by atoms with Crippen LogP contribution in [-0.2, 0) is 5.41 Å². The Labute approximate surface area is 170 Å². The summed E-state index contributed by atoms with van der Waals surface area (Å²) in [6.07, 6.45) is 2.33. The Hall–Kier alpha value is -3.28. The van der Waals surface area contributed by atoms with E-state index in [1.807, 2.05) is 20.8 Å². The third kappa shape index (κ3) is 4.96. The van der Waals surface area contributed by atoms with Gasteiger partial charge in [-0.2, -0.15) is 0 Å². The Balaban J connectivity index is 2.67. The number of aromatic hydroxyl groups is 2. The molecule has 0 amide bonds. The molecule has 0 atom stereocenters. The maximum absolute atomic E-state index is 12.5. The van der Waals surface area contributed by atoms with Crippen molar-refractivity contribution in [1.29, 1.82) is 0 Å². The summed E-state index contributed by atoms with van der Waals surface area (Å²) in [6.45, 7) is 9.01. The van der Waals surface area contributed by atoms with Crippen LogP contribution in [0.25, 0.3) is 6.08 Å². The molecule has 2 aromatic carbocycles. The zero-order chi connectivity index (χ0) is 21.9. The number of rotatable bonds is 6. The molecule has 0 spiro atoms. The highest BCUT2D eigenvalue weighted by atomic mass is 16.5. The molecule has 29 heavy (non-hydrogen) atoms. The van der Waals surface area contributed by atoms with Gasteiger partial charge in [0.2, 0.25) is 0 Å². The molecule has 0 radical (unpaired) electrons. The summed E-state index contributed by atoms with van der Waals surface area (Å²) < 4.78 is 5.70. The number of aromatic carboxylic acids is 1. The van der Waals surface area contributed by atoms with Gasteiger partial charge in [0, 0.05) is 11.1 Å². The molecular weight excluding hydrogens is 372 g/mol. The first-order valence-corrected chi connectivity index (χ1v) is 9.24. The molecule has 6 nitrogen and oxygen atoms in total. The van der Waals surface area contributed by atoms with E-state index in [2.05, 4.69) is 0 Å². The number of carboxylic acid groups (broad SMARTS) is 1. The van der Waals surface area contributed by atoms with E-state index in [0.29, 0.717) is 11.1 Å². The molecular formula is C23H26O6. The van der Waals surface area contributed by atoms with Gasteiger partial charge in [-0.3, -0.25) is 4.79 Å². The summed E-state index contributed by atoms with van der Waals surface area (Å²) in [5.41, 5.74) is 0.00183. The number of hydrogen-bond acceptors (Lipinski definition) is 5. The smallest absolute Gasteiger partial charge is 0.343 e. The summed E-state index contributed by atoms with van der Waals surface area (Å²) >= 11 is 0. The molecule has 2 aromatic rings. The number of allylic oxidation sites excluding steroid dienone is 1. The highest BCUT2D eigenvalue weighted by molar-refractivity contribution is 6.09. The van der Waals surface area contributed by atoms with Crippen LogP contribution < -0.4 is 4.74 Å². The molecule has 0 saturated heterocycles. The first-order chi connectivity index (χ1) is 13.4. The molecule has 0 unspecified atom stereocenters. The molecule has 2 rings (SSSR count). The fourth-order valence-corrected chi connectivity index (χ4v) is 2.87. The largest absolute Gasteiger partial charge is 0.507 e. The summed E-state index contributed by atoms with van der Waals surface area (Å²) in [7, 11) is 0. The van der Waals surface area contributed by atoms with Gasteiger partial charge in [-0.1, -0.05) is 32.9 Å². The van der Waals surface area contributed by atoms with E-state index >= 15 is 0 Å². The Morgan fingerprint density at radius 2 is 1.72 bits per heavy atom. The quantitative estimate of drug-likeness (QED) is 0.478. The summed E-state index contributed by atoms with van der Waals surface area (Å²) in [5, 5.41) is 30.2. The van der Waals surface area contributed by atoms with Gasteiger partial charge in [0.25, 0.3) is 0 Å². The Morgan fingerprint density at radius 1 is 1.10 bits per heavy atom. The molecule has 0 heterocycles. The molecule has 154 valence electrons. The molecule has 0 fully saturated rings. The van der Waals surface area contributed by atoms with Crippen molar-refractivity contribution in [1.82, 2.24) is 0 Å². The van der Waals surface area contributed by atoms with E-state index in [0.717, 1.165) is 0 Å². The fraction of sp³-hybridized carbons (Fsp3) is 0.304. The van der Waals surface area contributed by atoms with Crippen molar-refractivity contribution in [2.75, 3.05) is 0 Å². The molecule has 0 aromatic heterocycles. The minimum Gasteiger partial charge on any atom is -0.507 e. The minimum absolute atomic E-state index is 0.0145. The molecule has 0 saturated carbocycles. The lowest BCUT2D eigenvalue weighted by atomic mass is 9.83. The molecule has 3 N–H and O–H groups in total. The van der Waals surface area contributed by atoms with Crippen molar-refractivity contribution in [2.24, 2.45) is 0 Å². The standard InChI is InChI=1S/C23H26O6/c1-13(2)29-21-14(10-11-18(25)15-8-6-7-9-17(15)24)12-16(23(3,4)5)20(26)19(21)22(27)28/h6-13,24,26H,1-5H3,(H,27,28). The Bertz CT molecular complexity index is 964. The minimum atomic E-state index is -1.33. The number of hydrogen-bond donors (Lipinski definition) is 3. The zero-order valence-corrected chi connectivity index (χ0v) is 17.2. The van der Waals surface area contributed by atoms with Crippen LogP contribution in [0.3, 0.4) is 0 Å². The number of carbonyl (C=O) groups is 2. The van der Waals surface area contributed by atoms with Crippen LogP contribution >= 0.6 is 0 Å². The number of carboxylic acids is 1. The average Bonchev–Trinajstić information content (AvgIpc) is 2.59. The van der Waals surface area contributed by atoms with Gasteiger partial charge in [-0.05, 0) is 49.6 Å². The average molecular weight is 398 g/mol. The number of ether oxygens (including phenoxy) is 1. The molecule has 0 aliphatic heterocycles. The molecule has 6 heteroatoms. The van der Waals surface area contributed by atoms with Crippen molar-refractivity contribution < 1.29 is 29.6 Å². The second kappa shape index (κ2) is 8.39. The number of para-hydroxylation sites is 1. The van der Waals surface area contributed by atoms with Crippen molar-refractivity contribution in [2.45, 2.75) is 46.1 Å². The van der Waals surface area contributed by atoms with Gasteiger partial charge in [0.1, 0.15) is 22.8 Å². The maximum atomic E-state index is 12.5. The van der Waals surface area contributed by atoms with Crippen LogP contribution in [-0.4, -0.2) is 33.2 Å². The van der Waals surface area contributed by atoms with E-state index in [-0.39, 0.29) is 34.5 Å².